The normalized spacial score (nSPS) is 12.1. The Bertz CT molecular complexity index is 339. The lowest BCUT2D eigenvalue weighted by atomic mass is 10.0. The first-order valence-electron chi connectivity index (χ1n) is 4.16. The average Bonchev–Trinajstić information content (AvgIpc) is 2.17. The van der Waals surface area contributed by atoms with Gasteiger partial charge < -0.3 is 11.1 Å². The van der Waals surface area contributed by atoms with E-state index in [0.717, 1.165) is 11.3 Å². The van der Waals surface area contributed by atoms with Gasteiger partial charge in [0.2, 0.25) is 0 Å². The molecule has 68 valence electrons. The number of anilines is 1. The summed E-state index contributed by atoms with van der Waals surface area (Å²) in [5.41, 5.74) is 8.11. The first kappa shape index (κ1) is 9.56. The van der Waals surface area contributed by atoms with E-state index in [1.54, 1.807) is 12.1 Å². The Balaban J connectivity index is 3.12. The molecule has 0 saturated carbocycles. The van der Waals surface area contributed by atoms with Crippen molar-refractivity contribution >= 4 is 5.69 Å². The summed E-state index contributed by atoms with van der Waals surface area (Å²) >= 11 is 0. The van der Waals surface area contributed by atoms with Crippen LogP contribution in [0.15, 0.2) is 18.2 Å². The highest BCUT2D eigenvalue weighted by Crippen LogP contribution is 2.20. The first-order valence-corrected chi connectivity index (χ1v) is 4.16. The molecule has 3 nitrogen and oxygen atoms in total. The zero-order valence-corrected chi connectivity index (χ0v) is 7.83. The first-order chi connectivity index (χ1) is 6.19. The molecule has 0 aliphatic carbocycles. The van der Waals surface area contributed by atoms with Gasteiger partial charge in [-0.3, -0.25) is 0 Å². The molecule has 1 aromatic carbocycles. The van der Waals surface area contributed by atoms with Crippen LogP contribution in [-0.2, 0) is 0 Å². The molecule has 3 heteroatoms. The third-order valence-corrected chi connectivity index (χ3v) is 2.12. The van der Waals surface area contributed by atoms with Crippen molar-refractivity contribution in [3.05, 3.63) is 29.3 Å². The molecule has 1 unspecified atom stereocenters. The Hall–Kier alpha value is -1.53. The molecule has 0 radical (unpaired) electrons. The van der Waals surface area contributed by atoms with Crippen LogP contribution in [-0.4, -0.2) is 7.05 Å². The topological polar surface area (TPSA) is 61.8 Å². The molecule has 0 saturated heterocycles. The van der Waals surface area contributed by atoms with Gasteiger partial charge >= 0.3 is 0 Å². The number of benzene rings is 1. The van der Waals surface area contributed by atoms with E-state index in [1.165, 1.54) is 0 Å². The minimum atomic E-state index is 0.174. The highest BCUT2D eigenvalue weighted by atomic mass is 14.9. The van der Waals surface area contributed by atoms with Gasteiger partial charge in [-0.05, 0) is 37.7 Å². The van der Waals surface area contributed by atoms with E-state index in [9.17, 15) is 0 Å². The van der Waals surface area contributed by atoms with Crippen molar-refractivity contribution in [3.63, 3.8) is 0 Å². The molecule has 1 rings (SSSR count). The minimum Gasteiger partial charge on any atom is -0.398 e. The predicted molar refractivity (Wildman–Crippen MR) is 53.0 cm³/mol. The van der Waals surface area contributed by atoms with Gasteiger partial charge in [-0.1, -0.05) is 0 Å². The summed E-state index contributed by atoms with van der Waals surface area (Å²) in [6, 6.07) is 7.57. The fourth-order valence-corrected chi connectivity index (χ4v) is 1.17. The Morgan fingerprint density at radius 3 is 2.77 bits per heavy atom. The van der Waals surface area contributed by atoms with E-state index in [0.29, 0.717) is 5.56 Å². The number of rotatable bonds is 2. The third-order valence-electron chi connectivity index (χ3n) is 2.12. The molecular weight excluding hydrogens is 162 g/mol. The molecule has 0 aliphatic heterocycles. The zero-order chi connectivity index (χ0) is 9.84. The molecular formula is C10H13N3. The number of nitrogens with one attached hydrogen (secondary N) is 1. The lowest BCUT2D eigenvalue weighted by Crippen LogP contribution is -2.14. The van der Waals surface area contributed by atoms with Crippen LogP contribution in [0.25, 0.3) is 0 Å². The standard InChI is InChI=1S/C10H13N3/c1-7(13-2)9-5-8(6-11)3-4-10(9)12/h3-5,7,13H,12H2,1-2H3. The molecule has 13 heavy (non-hydrogen) atoms. The van der Waals surface area contributed by atoms with Gasteiger partial charge in [0.05, 0.1) is 11.6 Å². The zero-order valence-electron chi connectivity index (χ0n) is 7.83. The average molecular weight is 175 g/mol. The van der Waals surface area contributed by atoms with E-state index >= 15 is 0 Å². The number of hydrogen-bond acceptors (Lipinski definition) is 3. The van der Waals surface area contributed by atoms with Crippen LogP contribution in [0.2, 0.25) is 0 Å². The highest BCUT2D eigenvalue weighted by molar-refractivity contribution is 5.52. The molecule has 0 fully saturated rings. The summed E-state index contributed by atoms with van der Waals surface area (Å²) in [6.07, 6.45) is 0. The maximum atomic E-state index is 8.70. The second-order valence-electron chi connectivity index (χ2n) is 2.97. The Labute approximate surface area is 78.2 Å². The summed E-state index contributed by atoms with van der Waals surface area (Å²) in [5, 5.41) is 11.8. The van der Waals surface area contributed by atoms with E-state index in [1.807, 2.05) is 20.0 Å². The minimum absolute atomic E-state index is 0.174. The summed E-state index contributed by atoms with van der Waals surface area (Å²) in [7, 11) is 1.86. The van der Waals surface area contributed by atoms with Crippen molar-refractivity contribution in [2.45, 2.75) is 13.0 Å². The Morgan fingerprint density at radius 1 is 1.54 bits per heavy atom. The van der Waals surface area contributed by atoms with Crippen molar-refractivity contribution in [3.8, 4) is 6.07 Å². The van der Waals surface area contributed by atoms with E-state index in [4.69, 9.17) is 11.0 Å². The Kier molecular flexibility index (Phi) is 2.88. The van der Waals surface area contributed by atoms with Crippen LogP contribution in [0.1, 0.15) is 24.1 Å². The molecule has 3 N–H and O–H groups in total. The molecule has 0 spiro atoms. The van der Waals surface area contributed by atoms with Gasteiger partial charge in [0, 0.05) is 11.7 Å². The molecule has 0 aromatic heterocycles. The summed E-state index contributed by atoms with van der Waals surface area (Å²) in [6.45, 7) is 2.01. The monoisotopic (exact) mass is 175 g/mol. The summed E-state index contributed by atoms with van der Waals surface area (Å²) in [5.74, 6) is 0. The highest BCUT2D eigenvalue weighted by Gasteiger charge is 2.06. The number of nitriles is 1. The van der Waals surface area contributed by atoms with Crippen molar-refractivity contribution in [1.82, 2.24) is 5.32 Å². The van der Waals surface area contributed by atoms with Crippen LogP contribution < -0.4 is 11.1 Å². The fourth-order valence-electron chi connectivity index (χ4n) is 1.17. The number of nitrogens with two attached hydrogens (primary N) is 1. The number of nitrogens with zero attached hydrogens (tertiary/aromatic N) is 1. The van der Waals surface area contributed by atoms with Crippen LogP contribution in [0.4, 0.5) is 5.69 Å². The van der Waals surface area contributed by atoms with E-state index < -0.39 is 0 Å². The van der Waals surface area contributed by atoms with Gasteiger partial charge in [-0.15, -0.1) is 0 Å². The van der Waals surface area contributed by atoms with E-state index in [2.05, 4.69) is 11.4 Å². The van der Waals surface area contributed by atoms with Crippen LogP contribution >= 0.6 is 0 Å². The lowest BCUT2D eigenvalue weighted by molar-refractivity contribution is 0.654. The maximum absolute atomic E-state index is 8.70. The maximum Gasteiger partial charge on any atom is 0.0991 e. The smallest absolute Gasteiger partial charge is 0.0991 e. The summed E-state index contributed by atoms with van der Waals surface area (Å²) in [4.78, 5) is 0. The largest absolute Gasteiger partial charge is 0.398 e. The second kappa shape index (κ2) is 3.92. The van der Waals surface area contributed by atoms with Gasteiger partial charge in [0.1, 0.15) is 0 Å². The van der Waals surface area contributed by atoms with Gasteiger partial charge in [0.25, 0.3) is 0 Å². The van der Waals surface area contributed by atoms with Crippen LogP contribution in [0, 0.1) is 11.3 Å². The quantitative estimate of drug-likeness (QED) is 0.668. The van der Waals surface area contributed by atoms with Crippen molar-refractivity contribution in [2.75, 3.05) is 12.8 Å². The molecule has 1 atom stereocenters. The third kappa shape index (κ3) is 1.98. The van der Waals surface area contributed by atoms with Crippen molar-refractivity contribution < 1.29 is 0 Å². The van der Waals surface area contributed by atoms with Crippen LogP contribution in [0.3, 0.4) is 0 Å². The van der Waals surface area contributed by atoms with Crippen molar-refractivity contribution in [2.24, 2.45) is 0 Å². The van der Waals surface area contributed by atoms with E-state index in [-0.39, 0.29) is 6.04 Å². The lowest BCUT2D eigenvalue weighted by Gasteiger charge is -2.13. The Morgan fingerprint density at radius 2 is 2.23 bits per heavy atom. The molecule has 0 aliphatic rings. The molecule has 1 aromatic rings. The molecule has 0 bridgehead atoms. The predicted octanol–water partition coefficient (Wildman–Crippen LogP) is 1.42. The van der Waals surface area contributed by atoms with Gasteiger partial charge in [0.15, 0.2) is 0 Å². The molecule has 0 heterocycles. The second-order valence-corrected chi connectivity index (χ2v) is 2.97. The SMILES string of the molecule is CNC(C)c1cc(C#N)ccc1N. The van der Waals surface area contributed by atoms with Gasteiger partial charge in [-0.25, -0.2) is 0 Å². The van der Waals surface area contributed by atoms with Crippen LogP contribution in [0.5, 0.6) is 0 Å². The summed E-state index contributed by atoms with van der Waals surface area (Å²) < 4.78 is 0. The fraction of sp³-hybridized carbons (Fsp3) is 0.300. The molecule has 0 amide bonds. The van der Waals surface area contributed by atoms with Gasteiger partial charge in [-0.2, -0.15) is 5.26 Å². The van der Waals surface area contributed by atoms with Crippen molar-refractivity contribution in [1.29, 1.82) is 5.26 Å². The number of nitrogen functional groups attached to an aromatic ring is 1. The number of hydrogen-bond donors (Lipinski definition) is 2.